The first-order valence-corrected chi connectivity index (χ1v) is 6.55. The van der Waals surface area contributed by atoms with Gasteiger partial charge in [-0.15, -0.1) is 0 Å². The van der Waals surface area contributed by atoms with Crippen molar-refractivity contribution in [3.05, 3.63) is 69.7 Å². The lowest BCUT2D eigenvalue weighted by Crippen LogP contribution is -2.30. The quantitative estimate of drug-likeness (QED) is 0.667. The van der Waals surface area contributed by atoms with Crippen LogP contribution in [-0.4, -0.2) is 0 Å². The fourth-order valence-electron chi connectivity index (χ4n) is 2.12. The molecule has 0 aliphatic rings. The van der Waals surface area contributed by atoms with E-state index >= 15 is 0 Å². The Labute approximate surface area is 121 Å². The second-order valence-electron chi connectivity index (χ2n) is 4.64. The smallest absolute Gasteiger partial charge is 0.130 e. The number of hydrogen-bond donors (Lipinski definition) is 2. The number of aryl methyl sites for hydroxylation is 1. The predicted molar refractivity (Wildman–Crippen MR) is 76.3 cm³/mol. The fourth-order valence-corrected chi connectivity index (χ4v) is 2.31. The molecule has 0 saturated heterocycles. The molecule has 2 rings (SSSR count). The number of hydrazine groups is 1. The van der Waals surface area contributed by atoms with Crippen LogP contribution in [0, 0.1) is 18.6 Å². The number of hydrogen-bond acceptors (Lipinski definition) is 2. The summed E-state index contributed by atoms with van der Waals surface area (Å²) in [7, 11) is 0. The molecule has 0 aliphatic carbocycles. The lowest BCUT2D eigenvalue weighted by atomic mass is 9.97. The Morgan fingerprint density at radius 3 is 2.70 bits per heavy atom. The molecule has 2 nitrogen and oxygen atoms in total. The maximum Gasteiger partial charge on any atom is 0.130 e. The van der Waals surface area contributed by atoms with Crippen LogP contribution < -0.4 is 11.3 Å². The molecule has 2 aromatic carbocycles. The Morgan fingerprint density at radius 2 is 2.00 bits per heavy atom. The van der Waals surface area contributed by atoms with Crippen molar-refractivity contribution < 1.29 is 8.78 Å². The molecule has 0 aliphatic heterocycles. The number of halogens is 3. The fraction of sp³-hybridized carbons (Fsp3) is 0.200. The normalized spacial score (nSPS) is 12.4. The van der Waals surface area contributed by atoms with Gasteiger partial charge in [0.05, 0.1) is 6.04 Å². The van der Waals surface area contributed by atoms with E-state index in [4.69, 9.17) is 17.4 Å². The van der Waals surface area contributed by atoms with E-state index in [1.54, 1.807) is 25.1 Å². The van der Waals surface area contributed by atoms with E-state index < -0.39 is 6.04 Å². The van der Waals surface area contributed by atoms with E-state index in [1.165, 1.54) is 18.2 Å². The van der Waals surface area contributed by atoms with E-state index in [1.807, 2.05) is 0 Å². The van der Waals surface area contributed by atoms with Crippen LogP contribution in [0.3, 0.4) is 0 Å². The van der Waals surface area contributed by atoms with Crippen LogP contribution in [0.15, 0.2) is 36.4 Å². The highest BCUT2D eigenvalue weighted by Gasteiger charge is 2.17. The third kappa shape index (κ3) is 3.15. The molecule has 0 saturated carbocycles. The summed E-state index contributed by atoms with van der Waals surface area (Å²) in [5, 5.41) is 0.430. The minimum Gasteiger partial charge on any atom is -0.271 e. The summed E-state index contributed by atoms with van der Waals surface area (Å²) in [5.41, 5.74) is 4.11. The van der Waals surface area contributed by atoms with Crippen LogP contribution in [0.5, 0.6) is 0 Å². The van der Waals surface area contributed by atoms with Crippen molar-refractivity contribution in [1.82, 2.24) is 5.43 Å². The minimum atomic E-state index is -0.478. The zero-order valence-corrected chi connectivity index (χ0v) is 11.7. The van der Waals surface area contributed by atoms with Crippen LogP contribution >= 0.6 is 11.6 Å². The molecular weight excluding hydrogens is 282 g/mol. The maximum absolute atomic E-state index is 14.1. The average Bonchev–Trinajstić information content (AvgIpc) is 2.43. The SMILES string of the molecule is Cc1cccc(C(Cc2cc(F)ccc2Cl)NN)c1F. The zero-order valence-electron chi connectivity index (χ0n) is 11.0. The van der Waals surface area contributed by atoms with Crippen LogP contribution in [-0.2, 0) is 6.42 Å². The highest BCUT2D eigenvalue weighted by Crippen LogP contribution is 2.26. The first-order chi connectivity index (χ1) is 9.52. The van der Waals surface area contributed by atoms with Crippen molar-refractivity contribution in [2.45, 2.75) is 19.4 Å². The summed E-state index contributed by atoms with van der Waals surface area (Å²) in [4.78, 5) is 0. The van der Waals surface area contributed by atoms with Crippen molar-refractivity contribution in [2.24, 2.45) is 5.84 Å². The second-order valence-corrected chi connectivity index (χ2v) is 5.04. The molecule has 0 spiro atoms. The molecule has 0 aromatic heterocycles. The van der Waals surface area contributed by atoms with E-state index in [0.29, 0.717) is 28.1 Å². The molecule has 2 aromatic rings. The number of benzene rings is 2. The monoisotopic (exact) mass is 296 g/mol. The van der Waals surface area contributed by atoms with Gasteiger partial charge in [-0.3, -0.25) is 11.3 Å². The van der Waals surface area contributed by atoms with Crippen LogP contribution in [0.25, 0.3) is 0 Å². The molecule has 106 valence electrons. The molecule has 0 amide bonds. The Hall–Kier alpha value is -1.49. The number of nitrogens with two attached hydrogens (primary N) is 1. The molecule has 0 radical (unpaired) electrons. The van der Waals surface area contributed by atoms with Gasteiger partial charge in [0.25, 0.3) is 0 Å². The van der Waals surface area contributed by atoms with Crippen molar-refractivity contribution >= 4 is 11.6 Å². The molecule has 20 heavy (non-hydrogen) atoms. The topological polar surface area (TPSA) is 38.0 Å². The van der Waals surface area contributed by atoms with Crippen molar-refractivity contribution in [1.29, 1.82) is 0 Å². The summed E-state index contributed by atoms with van der Waals surface area (Å²) in [6, 6.07) is 8.71. The Balaban J connectivity index is 2.34. The number of rotatable bonds is 4. The minimum absolute atomic E-state index is 0.299. The molecule has 0 fully saturated rings. The summed E-state index contributed by atoms with van der Waals surface area (Å²) in [6.45, 7) is 1.68. The summed E-state index contributed by atoms with van der Waals surface area (Å²) in [6.07, 6.45) is 0.299. The third-order valence-corrected chi connectivity index (χ3v) is 3.60. The Bertz CT molecular complexity index is 617. The molecule has 3 N–H and O–H groups in total. The van der Waals surface area contributed by atoms with Gasteiger partial charge in [0.1, 0.15) is 11.6 Å². The second kappa shape index (κ2) is 6.31. The lowest BCUT2D eigenvalue weighted by Gasteiger charge is -2.18. The van der Waals surface area contributed by atoms with E-state index in [2.05, 4.69) is 5.43 Å². The van der Waals surface area contributed by atoms with Gasteiger partial charge in [-0.2, -0.15) is 0 Å². The largest absolute Gasteiger partial charge is 0.271 e. The first-order valence-electron chi connectivity index (χ1n) is 6.18. The van der Waals surface area contributed by atoms with Gasteiger partial charge < -0.3 is 0 Å². The Kier molecular flexibility index (Phi) is 4.70. The van der Waals surface area contributed by atoms with Gasteiger partial charge in [0, 0.05) is 10.6 Å². The summed E-state index contributed by atoms with van der Waals surface area (Å²) >= 11 is 6.03. The maximum atomic E-state index is 14.1. The van der Waals surface area contributed by atoms with Gasteiger partial charge in [0.15, 0.2) is 0 Å². The number of nitrogens with one attached hydrogen (secondary N) is 1. The third-order valence-electron chi connectivity index (χ3n) is 3.23. The van der Waals surface area contributed by atoms with E-state index in [-0.39, 0.29) is 11.6 Å². The van der Waals surface area contributed by atoms with Gasteiger partial charge in [-0.05, 0) is 42.7 Å². The molecule has 5 heteroatoms. The van der Waals surface area contributed by atoms with Gasteiger partial charge in [-0.25, -0.2) is 8.78 Å². The van der Waals surface area contributed by atoms with E-state index in [9.17, 15) is 8.78 Å². The van der Waals surface area contributed by atoms with Crippen molar-refractivity contribution in [2.75, 3.05) is 0 Å². The van der Waals surface area contributed by atoms with Crippen molar-refractivity contribution in [3.63, 3.8) is 0 Å². The van der Waals surface area contributed by atoms with Crippen LogP contribution in [0.1, 0.15) is 22.7 Å². The highest BCUT2D eigenvalue weighted by molar-refractivity contribution is 6.31. The molecule has 0 bridgehead atoms. The standard InChI is InChI=1S/C15H15ClF2N2/c1-9-3-2-4-12(15(9)18)14(20-19)8-10-7-11(17)5-6-13(10)16/h2-7,14,20H,8,19H2,1H3. The van der Waals surface area contributed by atoms with Crippen LogP contribution in [0.4, 0.5) is 8.78 Å². The van der Waals surface area contributed by atoms with Gasteiger partial charge >= 0.3 is 0 Å². The highest BCUT2D eigenvalue weighted by atomic mass is 35.5. The summed E-state index contributed by atoms with van der Waals surface area (Å²) < 4.78 is 27.4. The summed E-state index contributed by atoms with van der Waals surface area (Å²) in [5.74, 6) is 4.81. The lowest BCUT2D eigenvalue weighted by molar-refractivity contribution is 0.506. The van der Waals surface area contributed by atoms with E-state index in [0.717, 1.165) is 0 Å². The molecule has 1 unspecified atom stereocenters. The zero-order chi connectivity index (χ0) is 14.7. The first kappa shape index (κ1) is 14.9. The molecule has 1 atom stereocenters. The molecular formula is C15H15ClF2N2. The van der Waals surface area contributed by atoms with Crippen LogP contribution in [0.2, 0.25) is 5.02 Å². The van der Waals surface area contributed by atoms with Gasteiger partial charge in [0.2, 0.25) is 0 Å². The van der Waals surface area contributed by atoms with Gasteiger partial charge in [-0.1, -0.05) is 29.8 Å². The average molecular weight is 297 g/mol. The molecule has 0 heterocycles. The predicted octanol–water partition coefficient (Wildman–Crippen LogP) is 3.67. The van der Waals surface area contributed by atoms with Crippen molar-refractivity contribution in [3.8, 4) is 0 Å². The Morgan fingerprint density at radius 1 is 1.25 bits per heavy atom.